The van der Waals surface area contributed by atoms with Crippen LogP contribution >= 0.6 is 24.0 Å². The van der Waals surface area contributed by atoms with Gasteiger partial charge in [-0.05, 0) is 37.5 Å². The summed E-state index contributed by atoms with van der Waals surface area (Å²) in [6, 6.07) is 0. The van der Waals surface area contributed by atoms with Crippen LogP contribution in [0.1, 0.15) is 25.7 Å². The summed E-state index contributed by atoms with van der Waals surface area (Å²) < 4.78 is 1.05. The van der Waals surface area contributed by atoms with E-state index in [9.17, 15) is 5.11 Å². The van der Waals surface area contributed by atoms with Crippen LogP contribution in [0.25, 0.3) is 0 Å². The fraction of sp³-hybridized carbons (Fsp3) is 0.667. The van der Waals surface area contributed by atoms with E-state index < -0.39 is 0 Å². The van der Waals surface area contributed by atoms with Crippen LogP contribution < -0.4 is 0 Å². The molecule has 1 aliphatic carbocycles. The summed E-state index contributed by atoms with van der Waals surface area (Å²) >= 11 is 6.77. The molecule has 0 aromatic carbocycles. The average Bonchev–Trinajstić information content (AvgIpc) is 2.04. The molecule has 1 unspecified atom stereocenters. The second-order valence-electron chi connectivity index (χ2n) is 3.09. The molecule has 0 spiro atoms. The van der Waals surface area contributed by atoms with E-state index in [1.54, 1.807) is 11.8 Å². The first-order valence-corrected chi connectivity index (χ1v) is 5.82. The third kappa shape index (κ3) is 3.15. The Kier molecular flexibility index (Phi) is 4.09. The molecule has 68 valence electrons. The van der Waals surface area contributed by atoms with Gasteiger partial charge in [-0.3, -0.25) is 0 Å². The molecule has 0 saturated heterocycles. The minimum atomic E-state index is 0.485. The number of hydrogen-bond acceptors (Lipinski definition) is 3. The zero-order valence-electron chi connectivity index (χ0n) is 7.25. The molecule has 0 bridgehead atoms. The van der Waals surface area contributed by atoms with E-state index in [0.29, 0.717) is 11.7 Å². The van der Waals surface area contributed by atoms with Gasteiger partial charge < -0.3 is 5.11 Å². The zero-order valence-corrected chi connectivity index (χ0v) is 8.88. The summed E-state index contributed by atoms with van der Waals surface area (Å²) in [6.45, 7) is 0. The van der Waals surface area contributed by atoms with Crippen LogP contribution in [0.5, 0.6) is 0 Å². The Balaban J connectivity index is 2.42. The summed E-state index contributed by atoms with van der Waals surface area (Å²) in [4.78, 5) is 0. The summed E-state index contributed by atoms with van der Waals surface area (Å²) in [7, 11) is 0. The Morgan fingerprint density at radius 3 is 3.17 bits per heavy atom. The molecule has 0 heterocycles. The molecule has 1 nitrogen and oxygen atoms in total. The van der Waals surface area contributed by atoms with Gasteiger partial charge in [-0.15, -0.1) is 11.8 Å². The Morgan fingerprint density at radius 2 is 2.58 bits per heavy atom. The molecule has 0 aromatic heterocycles. The van der Waals surface area contributed by atoms with Crippen molar-refractivity contribution in [2.24, 2.45) is 5.92 Å². The maximum absolute atomic E-state index is 9.28. The molecule has 0 saturated carbocycles. The second kappa shape index (κ2) is 4.87. The van der Waals surface area contributed by atoms with Crippen LogP contribution in [0.3, 0.4) is 0 Å². The number of aliphatic hydroxyl groups is 1. The Labute approximate surface area is 83.2 Å². The predicted octanol–water partition coefficient (Wildman–Crippen LogP) is 3.31. The molecule has 1 rings (SSSR count). The fourth-order valence-electron chi connectivity index (χ4n) is 1.44. The first-order chi connectivity index (χ1) is 5.72. The van der Waals surface area contributed by atoms with E-state index in [2.05, 4.69) is 0 Å². The molecule has 1 atom stereocenters. The maximum atomic E-state index is 9.28. The van der Waals surface area contributed by atoms with Crippen molar-refractivity contribution in [1.82, 2.24) is 0 Å². The highest BCUT2D eigenvalue weighted by molar-refractivity contribution is 8.22. The minimum absolute atomic E-state index is 0.485. The Hall–Kier alpha value is -0.0200. The number of allylic oxidation sites excluding steroid dienone is 2. The standard InChI is InChI=1S/C9H14OS2/c1-12-9(11)6-7-3-2-4-8(10)5-7/h5,7,10H,2-4,6H2,1H3. The van der Waals surface area contributed by atoms with Crippen LogP contribution in [-0.4, -0.2) is 15.6 Å². The van der Waals surface area contributed by atoms with E-state index in [1.807, 2.05) is 12.3 Å². The smallest absolute Gasteiger partial charge is 0.0885 e. The largest absolute Gasteiger partial charge is 0.513 e. The topological polar surface area (TPSA) is 20.2 Å². The van der Waals surface area contributed by atoms with E-state index in [1.165, 1.54) is 6.42 Å². The number of thioether (sulfide) groups is 1. The molecular formula is C9H14OS2. The van der Waals surface area contributed by atoms with Crippen molar-refractivity contribution in [1.29, 1.82) is 0 Å². The molecule has 12 heavy (non-hydrogen) atoms. The van der Waals surface area contributed by atoms with Gasteiger partial charge in [0.05, 0.1) is 5.76 Å². The summed E-state index contributed by atoms with van der Waals surface area (Å²) in [6.07, 6.45) is 8.04. The monoisotopic (exact) mass is 202 g/mol. The van der Waals surface area contributed by atoms with Gasteiger partial charge in [-0.25, -0.2) is 0 Å². The van der Waals surface area contributed by atoms with Crippen molar-refractivity contribution < 1.29 is 5.11 Å². The van der Waals surface area contributed by atoms with Crippen molar-refractivity contribution >= 4 is 28.2 Å². The van der Waals surface area contributed by atoms with Crippen molar-refractivity contribution in [2.75, 3.05) is 6.26 Å². The van der Waals surface area contributed by atoms with Crippen molar-refractivity contribution in [3.05, 3.63) is 11.8 Å². The van der Waals surface area contributed by atoms with E-state index in [0.717, 1.165) is 23.5 Å². The summed E-state index contributed by atoms with van der Waals surface area (Å²) in [5, 5.41) is 9.28. The normalized spacial score (nSPS) is 23.4. The number of rotatable bonds is 2. The van der Waals surface area contributed by atoms with Gasteiger partial charge in [0.1, 0.15) is 0 Å². The maximum Gasteiger partial charge on any atom is 0.0885 e. The number of thiocarbonyl (C=S) groups is 1. The van der Waals surface area contributed by atoms with Crippen LogP contribution in [0.15, 0.2) is 11.8 Å². The average molecular weight is 202 g/mol. The lowest BCUT2D eigenvalue weighted by Gasteiger charge is -2.17. The SMILES string of the molecule is CSC(=S)CC1C=C(O)CCC1. The van der Waals surface area contributed by atoms with Crippen LogP contribution in [0.2, 0.25) is 0 Å². The quantitative estimate of drug-likeness (QED) is 0.694. The minimum Gasteiger partial charge on any atom is -0.513 e. The van der Waals surface area contributed by atoms with Crippen molar-refractivity contribution in [3.63, 3.8) is 0 Å². The van der Waals surface area contributed by atoms with Crippen molar-refractivity contribution in [3.8, 4) is 0 Å². The molecular weight excluding hydrogens is 188 g/mol. The van der Waals surface area contributed by atoms with Gasteiger partial charge in [0.2, 0.25) is 0 Å². The van der Waals surface area contributed by atoms with Gasteiger partial charge in [-0.1, -0.05) is 12.2 Å². The molecule has 3 heteroatoms. The summed E-state index contributed by atoms with van der Waals surface area (Å²) in [5.74, 6) is 1.04. The molecule has 0 aliphatic heterocycles. The lowest BCUT2D eigenvalue weighted by molar-refractivity contribution is 0.350. The highest BCUT2D eigenvalue weighted by Crippen LogP contribution is 2.25. The molecule has 0 aromatic rings. The number of aliphatic hydroxyl groups excluding tert-OH is 1. The van der Waals surface area contributed by atoms with Gasteiger partial charge in [0.25, 0.3) is 0 Å². The highest BCUT2D eigenvalue weighted by Gasteiger charge is 2.14. The predicted molar refractivity (Wildman–Crippen MR) is 58.8 cm³/mol. The van der Waals surface area contributed by atoms with E-state index >= 15 is 0 Å². The second-order valence-corrected chi connectivity index (χ2v) is 4.74. The lowest BCUT2D eigenvalue weighted by Crippen LogP contribution is -2.07. The van der Waals surface area contributed by atoms with E-state index in [4.69, 9.17) is 12.2 Å². The molecule has 0 fully saturated rings. The van der Waals surface area contributed by atoms with Crippen molar-refractivity contribution in [2.45, 2.75) is 25.7 Å². The first-order valence-electron chi connectivity index (χ1n) is 4.19. The number of hydrogen-bond donors (Lipinski definition) is 1. The third-order valence-corrected chi connectivity index (χ3v) is 3.38. The molecule has 1 aliphatic rings. The van der Waals surface area contributed by atoms with E-state index in [-0.39, 0.29) is 0 Å². The third-order valence-electron chi connectivity index (χ3n) is 2.09. The van der Waals surface area contributed by atoms with Gasteiger partial charge in [0, 0.05) is 10.6 Å². The zero-order chi connectivity index (χ0) is 8.97. The highest BCUT2D eigenvalue weighted by atomic mass is 32.2. The fourth-order valence-corrected chi connectivity index (χ4v) is 2.04. The molecule has 0 amide bonds. The molecule has 0 radical (unpaired) electrons. The molecule has 1 N–H and O–H groups in total. The van der Waals surface area contributed by atoms with Crippen LogP contribution in [-0.2, 0) is 0 Å². The summed E-state index contributed by atoms with van der Waals surface area (Å²) in [5.41, 5.74) is 0. The van der Waals surface area contributed by atoms with Gasteiger partial charge in [0.15, 0.2) is 0 Å². The van der Waals surface area contributed by atoms with Gasteiger partial charge in [-0.2, -0.15) is 0 Å². The van der Waals surface area contributed by atoms with Gasteiger partial charge >= 0.3 is 0 Å². The lowest BCUT2D eigenvalue weighted by atomic mass is 9.93. The Morgan fingerprint density at radius 1 is 1.83 bits per heavy atom. The Bertz CT molecular complexity index is 199. The first kappa shape index (κ1) is 10.1. The van der Waals surface area contributed by atoms with Crippen LogP contribution in [0.4, 0.5) is 0 Å². The van der Waals surface area contributed by atoms with Crippen LogP contribution in [0, 0.1) is 5.92 Å².